The Hall–Kier alpha value is -1.57. The van der Waals surface area contributed by atoms with Crippen LogP contribution in [0.25, 0.3) is 20.4 Å². The lowest BCUT2D eigenvalue weighted by Crippen LogP contribution is -2.33. The summed E-state index contributed by atoms with van der Waals surface area (Å²) in [6.07, 6.45) is 5.20. The first-order chi connectivity index (χ1) is 12.0. The molecule has 0 atom stereocenters. The van der Waals surface area contributed by atoms with E-state index in [0.717, 1.165) is 45.0 Å². The minimum atomic E-state index is -0.157. The van der Waals surface area contributed by atoms with Crippen LogP contribution < -0.4 is 9.88 Å². The summed E-state index contributed by atoms with van der Waals surface area (Å²) in [6, 6.07) is 0. The molecule has 2 aliphatic heterocycles. The highest BCUT2D eigenvalue weighted by Crippen LogP contribution is 2.42. The van der Waals surface area contributed by atoms with Crippen LogP contribution in [0.1, 0.15) is 37.8 Å². The minimum absolute atomic E-state index is 0.157. The van der Waals surface area contributed by atoms with Gasteiger partial charge in [0.25, 0.3) is 0 Å². The Balaban J connectivity index is 1.87. The van der Waals surface area contributed by atoms with Crippen LogP contribution in [0.3, 0.4) is 0 Å². The molecule has 0 bridgehead atoms. The zero-order chi connectivity index (χ0) is 17.2. The Morgan fingerprint density at radius 2 is 2.12 bits per heavy atom. The number of rotatable bonds is 1. The smallest absolute Gasteiger partial charge is 0.240 e. The molecule has 0 aromatic carbocycles. The lowest BCUT2D eigenvalue weighted by molar-refractivity contribution is -0.388. The van der Waals surface area contributed by atoms with Crippen molar-refractivity contribution in [3.63, 3.8) is 0 Å². The standard InChI is InChI=1S/C18H20N4OS2/c1-18(2)7-10-11(8-23-18)15(22-5-3-4-6-22)21-17-12(10)13-14(25-17)16(24)20-9-19-13/h9H,3-8H2,1-2H3,(H,19,20,24)/p+1. The fraction of sp³-hybridized carbons (Fsp3) is 0.500. The first-order valence-electron chi connectivity index (χ1n) is 8.80. The van der Waals surface area contributed by atoms with Gasteiger partial charge in [0, 0.05) is 25.1 Å². The molecule has 130 valence electrons. The largest absolute Gasteiger partial charge is 0.370 e. The van der Waals surface area contributed by atoms with E-state index in [1.807, 2.05) is 6.33 Å². The Bertz CT molecular complexity index is 1050. The van der Waals surface area contributed by atoms with Crippen molar-refractivity contribution < 1.29 is 9.72 Å². The van der Waals surface area contributed by atoms with E-state index in [9.17, 15) is 0 Å². The molecule has 2 N–H and O–H groups in total. The SMILES string of the molecule is CC1(C)Cc2c(c(N3CCCC3)nc3sc4c(=S)[nH+]c[nH]c4c23)CO1. The van der Waals surface area contributed by atoms with E-state index in [4.69, 9.17) is 21.9 Å². The summed E-state index contributed by atoms with van der Waals surface area (Å²) in [5, 5.41) is 1.23. The number of nitrogens with one attached hydrogen (secondary N) is 2. The number of hydrogen-bond donors (Lipinski definition) is 1. The average molecular weight is 374 g/mol. The fourth-order valence-electron chi connectivity index (χ4n) is 4.05. The molecule has 0 unspecified atom stereocenters. The topological polar surface area (TPSA) is 55.3 Å². The molecule has 0 radical (unpaired) electrons. The lowest BCUT2D eigenvalue weighted by atomic mass is 9.90. The molecular weight excluding hydrogens is 352 g/mol. The second-order valence-electron chi connectivity index (χ2n) is 7.56. The van der Waals surface area contributed by atoms with Gasteiger partial charge in [0.15, 0.2) is 5.52 Å². The highest BCUT2D eigenvalue weighted by Gasteiger charge is 2.33. The molecule has 5 rings (SSSR count). The molecule has 1 saturated heterocycles. The second-order valence-corrected chi connectivity index (χ2v) is 8.97. The predicted octanol–water partition coefficient (Wildman–Crippen LogP) is 3.77. The number of H-pyrrole nitrogens is 2. The van der Waals surface area contributed by atoms with Crippen molar-refractivity contribution in [1.29, 1.82) is 0 Å². The molecule has 25 heavy (non-hydrogen) atoms. The Labute approximate surface area is 155 Å². The van der Waals surface area contributed by atoms with Crippen molar-refractivity contribution in [1.82, 2.24) is 9.97 Å². The fourth-order valence-corrected chi connectivity index (χ4v) is 5.40. The number of aromatic amines is 2. The number of nitrogens with zero attached hydrogens (tertiary/aromatic N) is 2. The van der Waals surface area contributed by atoms with Crippen molar-refractivity contribution in [2.45, 2.75) is 45.3 Å². The number of anilines is 1. The van der Waals surface area contributed by atoms with Gasteiger partial charge >= 0.3 is 0 Å². The maximum Gasteiger partial charge on any atom is 0.240 e. The van der Waals surface area contributed by atoms with Crippen molar-refractivity contribution in [2.75, 3.05) is 18.0 Å². The van der Waals surface area contributed by atoms with Crippen LogP contribution in [0.15, 0.2) is 6.33 Å². The third-order valence-corrected chi connectivity index (χ3v) is 6.83. The maximum atomic E-state index is 6.15. The van der Waals surface area contributed by atoms with E-state index in [1.165, 1.54) is 29.4 Å². The van der Waals surface area contributed by atoms with Gasteiger partial charge < -0.3 is 9.64 Å². The zero-order valence-electron chi connectivity index (χ0n) is 14.4. The third kappa shape index (κ3) is 2.40. The van der Waals surface area contributed by atoms with Crippen LogP contribution in [0.5, 0.6) is 0 Å². The van der Waals surface area contributed by atoms with Gasteiger partial charge in [-0.2, -0.15) is 0 Å². The molecule has 5 heterocycles. The highest BCUT2D eigenvalue weighted by molar-refractivity contribution is 7.71. The third-order valence-electron chi connectivity index (χ3n) is 5.27. The number of fused-ring (bicyclic) bond motifs is 5. The van der Waals surface area contributed by atoms with E-state index in [-0.39, 0.29) is 5.60 Å². The van der Waals surface area contributed by atoms with Crippen molar-refractivity contribution in [3.05, 3.63) is 22.1 Å². The summed E-state index contributed by atoms with van der Waals surface area (Å²) in [7, 11) is 0. The summed E-state index contributed by atoms with van der Waals surface area (Å²) in [4.78, 5) is 15.1. The van der Waals surface area contributed by atoms with E-state index in [1.54, 1.807) is 11.3 Å². The highest BCUT2D eigenvalue weighted by atomic mass is 32.1. The Morgan fingerprint density at radius 3 is 2.92 bits per heavy atom. The molecule has 0 spiro atoms. The molecule has 5 nitrogen and oxygen atoms in total. The van der Waals surface area contributed by atoms with E-state index >= 15 is 0 Å². The summed E-state index contributed by atoms with van der Waals surface area (Å²) in [5.74, 6) is 1.12. The van der Waals surface area contributed by atoms with Gasteiger partial charge in [-0.3, -0.25) is 0 Å². The van der Waals surface area contributed by atoms with Gasteiger partial charge in [-0.05, 0) is 44.5 Å². The van der Waals surface area contributed by atoms with Crippen molar-refractivity contribution >= 4 is 49.8 Å². The quantitative estimate of drug-likeness (QED) is 0.660. The number of thiophene rings is 1. The lowest BCUT2D eigenvalue weighted by Gasteiger charge is -2.34. The van der Waals surface area contributed by atoms with Gasteiger partial charge in [-0.25, -0.2) is 15.0 Å². The number of aromatic nitrogens is 3. The van der Waals surface area contributed by atoms with Crippen LogP contribution >= 0.6 is 23.6 Å². The summed E-state index contributed by atoms with van der Waals surface area (Å²) < 4.78 is 8.02. The summed E-state index contributed by atoms with van der Waals surface area (Å²) >= 11 is 7.20. The molecule has 3 aromatic heterocycles. The predicted molar refractivity (Wildman–Crippen MR) is 103 cm³/mol. The average Bonchev–Trinajstić information content (AvgIpc) is 3.21. The zero-order valence-corrected chi connectivity index (χ0v) is 16.1. The number of pyridine rings is 1. The van der Waals surface area contributed by atoms with Gasteiger partial charge in [-0.15, -0.1) is 11.3 Å². The van der Waals surface area contributed by atoms with Crippen molar-refractivity contribution in [3.8, 4) is 0 Å². The van der Waals surface area contributed by atoms with E-state index < -0.39 is 0 Å². The van der Waals surface area contributed by atoms with Gasteiger partial charge in [0.05, 0.1) is 17.6 Å². The maximum absolute atomic E-state index is 6.15. The Morgan fingerprint density at radius 1 is 1.32 bits per heavy atom. The van der Waals surface area contributed by atoms with E-state index in [2.05, 4.69) is 28.7 Å². The van der Waals surface area contributed by atoms with Gasteiger partial charge in [0.1, 0.15) is 15.3 Å². The number of hydrogen-bond acceptors (Lipinski definition) is 5. The first kappa shape index (κ1) is 15.7. The van der Waals surface area contributed by atoms with Crippen LogP contribution in [0.4, 0.5) is 5.82 Å². The normalized spacial score (nSPS) is 19.7. The number of ether oxygens (including phenoxy) is 1. The van der Waals surface area contributed by atoms with Crippen LogP contribution in [0.2, 0.25) is 0 Å². The minimum Gasteiger partial charge on any atom is -0.370 e. The van der Waals surface area contributed by atoms with E-state index in [0.29, 0.717) is 6.61 Å². The van der Waals surface area contributed by atoms with Crippen LogP contribution in [0, 0.1) is 4.64 Å². The van der Waals surface area contributed by atoms with Crippen LogP contribution in [-0.4, -0.2) is 28.7 Å². The summed E-state index contributed by atoms with van der Waals surface area (Å²) in [5.41, 5.74) is 3.60. The molecule has 1 fully saturated rings. The van der Waals surface area contributed by atoms with Gasteiger partial charge in [0.2, 0.25) is 11.0 Å². The second kappa shape index (κ2) is 5.46. The molecule has 0 amide bonds. The molecule has 0 saturated carbocycles. The van der Waals surface area contributed by atoms with Crippen molar-refractivity contribution in [2.24, 2.45) is 0 Å². The van der Waals surface area contributed by atoms with Crippen LogP contribution in [-0.2, 0) is 17.8 Å². The summed E-state index contributed by atoms with van der Waals surface area (Å²) in [6.45, 7) is 7.15. The Kier molecular flexibility index (Phi) is 3.42. The molecule has 3 aromatic rings. The van der Waals surface area contributed by atoms with Gasteiger partial charge in [-0.1, -0.05) is 0 Å². The molecule has 0 aliphatic carbocycles. The molecular formula is C18H21N4OS2+. The monoisotopic (exact) mass is 373 g/mol. The first-order valence-corrected chi connectivity index (χ1v) is 10.0. The molecule has 2 aliphatic rings. The molecule has 7 heteroatoms.